The first-order chi connectivity index (χ1) is 8.76. The van der Waals surface area contributed by atoms with E-state index >= 15 is 0 Å². The molecular formula is C14H17FN2O. The van der Waals surface area contributed by atoms with Crippen LogP contribution < -0.4 is 4.74 Å². The van der Waals surface area contributed by atoms with Gasteiger partial charge >= 0.3 is 0 Å². The van der Waals surface area contributed by atoms with Gasteiger partial charge in [-0.3, -0.25) is 4.90 Å². The Morgan fingerprint density at radius 2 is 2.33 bits per heavy atom. The summed E-state index contributed by atoms with van der Waals surface area (Å²) in [5.74, 6) is -0.0553. The van der Waals surface area contributed by atoms with E-state index in [9.17, 15) is 4.39 Å². The summed E-state index contributed by atoms with van der Waals surface area (Å²) in [6.07, 6.45) is 3.03. The van der Waals surface area contributed by atoms with Crippen molar-refractivity contribution < 1.29 is 9.13 Å². The van der Waals surface area contributed by atoms with E-state index in [-0.39, 0.29) is 17.6 Å². The van der Waals surface area contributed by atoms with Gasteiger partial charge in [0.25, 0.3) is 0 Å². The number of methoxy groups -OCH3 is 1. The summed E-state index contributed by atoms with van der Waals surface area (Å²) in [4.78, 5) is 2.04. The molecule has 96 valence electrons. The molecule has 0 amide bonds. The quantitative estimate of drug-likeness (QED) is 0.825. The molecule has 1 heterocycles. The van der Waals surface area contributed by atoms with Crippen molar-refractivity contribution >= 4 is 0 Å². The number of nitrogens with zero attached hydrogens (tertiary/aromatic N) is 2. The molecule has 0 aromatic heterocycles. The number of ether oxygens (including phenoxy) is 1. The number of hydrogen-bond donors (Lipinski definition) is 0. The fourth-order valence-electron chi connectivity index (χ4n) is 2.38. The second kappa shape index (κ2) is 5.83. The predicted molar refractivity (Wildman–Crippen MR) is 66.6 cm³/mol. The molecule has 3 nitrogen and oxygen atoms in total. The third-order valence-electron chi connectivity index (χ3n) is 3.40. The number of rotatable bonds is 3. The summed E-state index contributed by atoms with van der Waals surface area (Å²) in [6.45, 7) is 1.33. The normalized spacial score (nSPS) is 20.4. The lowest BCUT2D eigenvalue weighted by Crippen LogP contribution is -2.38. The van der Waals surface area contributed by atoms with Crippen molar-refractivity contribution in [3.05, 3.63) is 29.6 Å². The molecule has 1 atom stereocenters. The third-order valence-corrected chi connectivity index (χ3v) is 3.40. The van der Waals surface area contributed by atoms with Crippen LogP contribution in [0.3, 0.4) is 0 Å². The standard InChI is InChI=1S/C14H17FN2O/c1-18-13-7-4-5-11(14(13)15)10-17-8-3-2-6-12(17)9-16/h4-5,7,12H,2-3,6,8,10H2,1H3. The van der Waals surface area contributed by atoms with E-state index in [1.54, 1.807) is 18.2 Å². The van der Waals surface area contributed by atoms with Crippen molar-refractivity contribution in [3.63, 3.8) is 0 Å². The largest absolute Gasteiger partial charge is 0.494 e. The summed E-state index contributed by atoms with van der Waals surface area (Å²) in [5.41, 5.74) is 0.594. The summed E-state index contributed by atoms with van der Waals surface area (Å²) in [7, 11) is 1.46. The van der Waals surface area contributed by atoms with Crippen LogP contribution in [0.2, 0.25) is 0 Å². The number of hydrogen-bond acceptors (Lipinski definition) is 3. The average molecular weight is 248 g/mol. The number of likely N-dealkylation sites (tertiary alicyclic amines) is 1. The van der Waals surface area contributed by atoms with E-state index < -0.39 is 0 Å². The van der Waals surface area contributed by atoms with Gasteiger partial charge in [0.05, 0.1) is 19.2 Å². The van der Waals surface area contributed by atoms with Crippen LogP contribution >= 0.6 is 0 Å². The van der Waals surface area contributed by atoms with Gasteiger partial charge in [0.2, 0.25) is 0 Å². The Morgan fingerprint density at radius 3 is 3.06 bits per heavy atom. The zero-order valence-corrected chi connectivity index (χ0v) is 10.5. The first-order valence-corrected chi connectivity index (χ1v) is 6.21. The van der Waals surface area contributed by atoms with E-state index in [0.29, 0.717) is 12.1 Å². The molecule has 0 saturated carbocycles. The fourth-order valence-corrected chi connectivity index (χ4v) is 2.38. The maximum absolute atomic E-state index is 14.0. The van der Waals surface area contributed by atoms with Crippen LogP contribution in [0.25, 0.3) is 0 Å². The van der Waals surface area contributed by atoms with Crippen LogP contribution in [-0.2, 0) is 6.54 Å². The highest BCUT2D eigenvalue weighted by atomic mass is 19.1. The molecule has 1 saturated heterocycles. The van der Waals surface area contributed by atoms with Crippen LogP contribution in [0, 0.1) is 17.1 Å². The number of piperidine rings is 1. The van der Waals surface area contributed by atoms with Gasteiger partial charge < -0.3 is 4.74 Å². The zero-order chi connectivity index (χ0) is 13.0. The van der Waals surface area contributed by atoms with E-state index in [2.05, 4.69) is 6.07 Å². The zero-order valence-electron chi connectivity index (χ0n) is 10.5. The Labute approximate surface area is 107 Å². The minimum atomic E-state index is -0.317. The molecule has 0 spiro atoms. The molecule has 1 unspecified atom stereocenters. The molecule has 1 aromatic carbocycles. The Balaban J connectivity index is 2.15. The highest BCUT2D eigenvalue weighted by Gasteiger charge is 2.23. The molecule has 0 aliphatic carbocycles. The van der Waals surface area contributed by atoms with Crippen molar-refractivity contribution in [2.45, 2.75) is 31.8 Å². The van der Waals surface area contributed by atoms with E-state index in [0.717, 1.165) is 25.8 Å². The van der Waals surface area contributed by atoms with Crippen molar-refractivity contribution in [1.82, 2.24) is 4.90 Å². The lowest BCUT2D eigenvalue weighted by molar-refractivity contribution is 0.174. The van der Waals surface area contributed by atoms with Crippen LogP contribution in [0.1, 0.15) is 24.8 Å². The molecular weight excluding hydrogens is 231 g/mol. The van der Waals surface area contributed by atoms with Crippen LogP contribution in [-0.4, -0.2) is 24.6 Å². The number of nitriles is 1. The van der Waals surface area contributed by atoms with E-state index in [4.69, 9.17) is 10.00 Å². The van der Waals surface area contributed by atoms with Crippen molar-refractivity contribution in [3.8, 4) is 11.8 Å². The number of halogens is 1. The second-order valence-corrected chi connectivity index (χ2v) is 4.54. The van der Waals surface area contributed by atoms with Gasteiger partial charge in [-0.25, -0.2) is 4.39 Å². The molecule has 2 rings (SSSR count). The molecule has 1 aliphatic heterocycles. The van der Waals surface area contributed by atoms with Crippen LogP contribution in [0.4, 0.5) is 4.39 Å². The average Bonchev–Trinajstić information content (AvgIpc) is 2.42. The molecule has 18 heavy (non-hydrogen) atoms. The Bertz CT molecular complexity index is 456. The van der Waals surface area contributed by atoms with Gasteiger partial charge in [0, 0.05) is 12.1 Å². The molecule has 1 aliphatic rings. The highest BCUT2D eigenvalue weighted by Crippen LogP contribution is 2.24. The summed E-state index contributed by atoms with van der Waals surface area (Å²) in [5, 5.41) is 9.10. The molecule has 1 fully saturated rings. The Kier molecular flexibility index (Phi) is 4.16. The molecule has 0 bridgehead atoms. The van der Waals surface area contributed by atoms with Crippen LogP contribution in [0.5, 0.6) is 5.75 Å². The first-order valence-electron chi connectivity index (χ1n) is 6.21. The maximum atomic E-state index is 14.0. The topological polar surface area (TPSA) is 36.3 Å². The first kappa shape index (κ1) is 12.8. The summed E-state index contributed by atoms with van der Waals surface area (Å²) >= 11 is 0. The summed E-state index contributed by atoms with van der Waals surface area (Å²) in [6, 6.07) is 7.34. The van der Waals surface area contributed by atoms with Crippen molar-refractivity contribution in [2.24, 2.45) is 0 Å². The van der Waals surface area contributed by atoms with Gasteiger partial charge in [-0.1, -0.05) is 12.1 Å². The maximum Gasteiger partial charge on any atom is 0.169 e. The Morgan fingerprint density at radius 1 is 1.50 bits per heavy atom. The van der Waals surface area contributed by atoms with Gasteiger partial charge in [0.1, 0.15) is 0 Å². The SMILES string of the molecule is COc1cccc(CN2CCCCC2C#N)c1F. The van der Waals surface area contributed by atoms with Gasteiger partial charge in [-0.15, -0.1) is 0 Å². The smallest absolute Gasteiger partial charge is 0.169 e. The van der Waals surface area contributed by atoms with Crippen molar-refractivity contribution in [2.75, 3.05) is 13.7 Å². The van der Waals surface area contributed by atoms with Gasteiger partial charge in [-0.05, 0) is 31.9 Å². The predicted octanol–water partition coefficient (Wildman–Crippen LogP) is 2.71. The monoisotopic (exact) mass is 248 g/mol. The summed E-state index contributed by atoms with van der Waals surface area (Å²) < 4.78 is 19.0. The van der Waals surface area contributed by atoms with E-state index in [1.807, 2.05) is 4.90 Å². The molecule has 4 heteroatoms. The lowest BCUT2D eigenvalue weighted by atomic mass is 10.0. The van der Waals surface area contributed by atoms with Crippen molar-refractivity contribution in [1.29, 1.82) is 5.26 Å². The fraction of sp³-hybridized carbons (Fsp3) is 0.500. The lowest BCUT2D eigenvalue weighted by Gasteiger charge is -2.31. The minimum Gasteiger partial charge on any atom is -0.494 e. The van der Waals surface area contributed by atoms with Gasteiger partial charge in [0.15, 0.2) is 11.6 Å². The molecule has 0 N–H and O–H groups in total. The van der Waals surface area contributed by atoms with E-state index in [1.165, 1.54) is 7.11 Å². The third kappa shape index (κ3) is 2.62. The number of benzene rings is 1. The van der Waals surface area contributed by atoms with Gasteiger partial charge in [-0.2, -0.15) is 5.26 Å². The second-order valence-electron chi connectivity index (χ2n) is 4.54. The minimum absolute atomic E-state index is 0.0932. The molecule has 0 radical (unpaired) electrons. The van der Waals surface area contributed by atoms with Crippen LogP contribution in [0.15, 0.2) is 18.2 Å². The molecule has 1 aromatic rings. The Hall–Kier alpha value is -1.60. The highest BCUT2D eigenvalue weighted by molar-refractivity contribution is 5.31.